The highest BCUT2D eigenvalue weighted by molar-refractivity contribution is 6.02. The van der Waals surface area contributed by atoms with Gasteiger partial charge in [0.25, 0.3) is 0 Å². The van der Waals surface area contributed by atoms with E-state index >= 15 is 0 Å². The number of ether oxygens (including phenoxy) is 1. The first-order valence-corrected chi connectivity index (χ1v) is 7.76. The van der Waals surface area contributed by atoms with Crippen molar-refractivity contribution >= 4 is 11.9 Å². The molecule has 3 atom stereocenters. The highest BCUT2D eigenvalue weighted by Crippen LogP contribution is 2.63. The lowest BCUT2D eigenvalue weighted by molar-refractivity contribution is -0.0222. The summed E-state index contributed by atoms with van der Waals surface area (Å²) in [4.78, 5) is 23.7. The van der Waals surface area contributed by atoms with Crippen molar-refractivity contribution in [3.8, 4) is 0 Å². The molecule has 2 bridgehead atoms. The van der Waals surface area contributed by atoms with Crippen molar-refractivity contribution in [2.45, 2.75) is 46.1 Å². The largest absolute Gasteiger partial charge is 0.478 e. The Labute approximate surface area is 130 Å². The van der Waals surface area contributed by atoms with E-state index in [1.54, 1.807) is 12.1 Å². The maximum absolute atomic E-state index is 12.4. The average Bonchev–Trinajstić information content (AvgIpc) is 2.86. The number of carboxylic acid groups (broad SMARTS) is 1. The van der Waals surface area contributed by atoms with Crippen LogP contribution in [0.4, 0.5) is 0 Å². The van der Waals surface area contributed by atoms with Gasteiger partial charge in [-0.3, -0.25) is 0 Å². The van der Waals surface area contributed by atoms with Crippen LogP contribution in [0.15, 0.2) is 24.3 Å². The minimum absolute atomic E-state index is 0.00105. The molecule has 0 heterocycles. The summed E-state index contributed by atoms with van der Waals surface area (Å²) in [5.74, 6) is -1.05. The fraction of sp³-hybridized carbons (Fsp3) is 0.556. The SMILES string of the molecule is CC1(C)C[C@]2(C)C[C@H]1C[C@H]2OC(=O)c1ccccc1C(=O)O. The third-order valence-corrected chi connectivity index (χ3v) is 5.58. The molecule has 1 N–H and O–H groups in total. The van der Waals surface area contributed by atoms with Crippen LogP contribution in [0.2, 0.25) is 0 Å². The minimum Gasteiger partial charge on any atom is -0.478 e. The molecule has 0 aromatic heterocycles. The maximum atomic E-state index is 12.4. The summed E-state index contributed by atoms with van der Waals surface area (Å²) in [5, 5.41) is 9.19. The first-order chi connectivity index (χ1) is 10.2. The minimum atomic E-state index is -1.10. The van der Waals surface area contributed by atoms with E-state index in [1.165, 1.54) is 12.1 Å². The summed E-state index contributed by atoms with van der Waals surface area (Å²) in [6.45, 7) is 6.74. The van der Waals surface area contributed by atoms with Gasteiger partial charge < -0.3 is 9.84 Å². The second-order valence-electron chi connectivity index (χ2n) is 7.70. The van der Waals surface area contributed by atoms with Crippen LogP contribution in [0.3, 0.4) is 0 Å². The predicted octanol–water partition coefficient (Wildman–Crippen LogP) is 3.76. The highest BCUT2D eigenvalue weighted by atomic mass is 16.5. The maximum Gasteiger partial charge on any atom is 0.339 e. The zero-order valence-corrected chi connectivity index (χ0v) is 13.3. The molecule has 4 nitrogen and oxygen atoms in total. The second kappa shape index (κ2) is 4.83. The quantitative estimate of drug-likeness (QED) is 0.864. The van der Waals surface area contributed by atoms with Crippen LogP contribution in [-0.2, 0) is 4.74 Å². The molecule has 1 aromatic carbocycles. The van der Waals surface area contributed by atoms with Gasteiger partial charge in [0, 0.05) is 5.41 Å². The lowest BCUT2D eigenvalue weighted by Crippen LogP contribution is -2.37. The number of esters is 1. The molecule has 0 radical (unpaired) electrons. The summed E-state index contributed by atoms with van der Waals surface area (Å²) in [5.41, 5.74) is 0.459. The normalized spacial score (nSPS) is 32.0. The molecule has 1 aromatic rings. The van der Waals surface area contributed by atoms with Crippen LogP contribution in [0, 0.1) is 16.7 Å². The average molecular weight is 302 g/mol. The van der Waals surface area contributed by atoms with Crippen molar-refractivity contribution in [1.82, 2.24) is 0 Å². The van der Waals surface area contributed by atoms with E-state index in [1.807, 2.05) is 0 Å². The van der Waals surface area contributed by atoms with Crippen molar-refractivity contribution < 1.29 is 19.4 Å². The molecule has 3 rings (SSSR count). The topological polar surface area (TPSA) is 63.6 Å². The first-order valence-electron chi connectivity index (χ1n) is 7.76. The molecule has 22 heavy (non-hydrogen) atoms. The van der Waals surface area contributed by atoms with E-state index in [-0.39, 0.29) is 22.6 Å². The molecule has 2 aliphatic rings. The summed E-state index contributed by atoms with van der Waals surface area (Å²) < 4.78 is 5.72. The summed E-state index contributed by atoms with van der Waals surface area (Å²) >= 11 is 0. The van der Waals surface area contributed by atoms with Crippen LogP contribution in [0.5, 0.6) is 0 Å². The molecule has 0 amide bonds. The van der Waals surface area contributed by atoms with Crippen LogP contribution in [0.25, 0.3) is 0 Å². The van der Waals surface area contributed by atoms with Crippen molar-refractivity contribution in [3.63, 3.8) is 0 Å². The van der Waals surface area contributed by atoms with Gasteiger partial charge in [0.15, 0.2) is 0 Å². The molecular weight excluding hydrogens is 280 g/mol. The summed E-state index contributed by atoms with van der Waals surface area (Å²) in [6.07, 6.45) is 2.89. The molecule has 118 valence electrons. The van der Waals surface area contributed by atoms with Gasteiger partial charge in [-0.05, 0) is 42.7 Å². The zero-order valence-electron chi connectivity index (χ0n) is 13.3. The highest BCUT2D eigenvalue weighted by Gasteiger charge is 2.58. The molecule has 0 aliphatic heterocycles. The van der Waals surface area contributed by atoms with Crippen molar-refractivity contribution in [3.05, 3.63) is 35.4 Å². The predicted molar refractivity (Wildman–Crippen MR) is 81.8 cm³/mol. The summed E-state index contributed by atoms with van der Waals surface area (Å²) in [7, 11) is 0. The molecule has 0 saturated heterocycles. The lowest BCUT2D eigenvalue weighted by Gasteiger charge is -2.38. The van der Waals surface area contributed by atoms with Gasteiger partial charge in [-0.1, -0.05) is 32.9 Å². The monoisotopic (exact) mass is 302 g/mol. The number of rotatable bonds is 3. The number of carboxylic acids is 1. The van der Waals surface area contributed by atoms with Crippen LogP contribution < -0.4 is 0 Å². The molecule has 2 saturated carbocycles. The van der Waals surface area contributed by atoms with Gasteiger partial charge >= 0.3 is 11.9 Å². The van der Waals surface area contributed by atoms with E-state index in [9.17, 15) is 14.7 Å². The first kappa shape index (κ1) is 15.1. The van der Waals surface area contributed by atoms with Gasteiger partial charge in [0.05, 0.1) is 11.1 Å². The fourth-order valence-electron chi connectivity index (χ4n) is 4.52. The number of aromatic carboxylic acids is 1. The molecule has 4 heteroatoms. The van der Waals surface area contributed by atoms with Crippen molar-refractivity contribution in [2.24, 2.45) is 16.7 Å². The Balaban J connectivity index is 1.79. The van der Waals surface area contributed by atoms with Gasteiger partial charge in [0.2, 0.25) is 0 Å². The Morgan fingerprint density at radius 1 is 1.18 bits per heavy atom. The van der Waals surface area contributed by atoms with E-state index in [2.05, 4.69) is 20.8 Å². The summed E-state index contributed by atoms with van der Waals surface area (Å²) in [6, 6.07) is 6.23. The zero-order chi connectivity index (χ0) is 16.1. The smallest absolute Gasteiger partial charge is 0.339 e. The Hall–Kier alpha value is -1.84. The van der Waals surface area contributed by atoms with E-state index < -0.39 is 11.9 Å². The number of hydrogen-bond donors (Lipinski definition) is 1. The van der Waals surface area contributed by atoms with Gasteiger partial charge in [-0.2, -0.15) is 0 Å². The van der Waals surface area contributed by atoms with Crippen LogP contribution in [-0.4, -0.2) is 23.1 Å². The van der Waals surface area contributed by atoms with E-state index in [4.69, 9.17) is 4.74 Å². The molecule has 0 unspecified atom stereocenters. The Morgan fingerprint density at radius 3 is 2.32 bits per heavy atom. The lowest BCUT2D eigenvalue weighted by atomic mass is 9.71. The van der Waals surface area contributed by atoms with Crippen molar-refractivity contribution in [2.75, 3.05) is 0 Å². The van der Waals surface area contributed by atoms with Gasteiger partial charge in [-0.15, -0.1) is 0 Å². The van der Waals surface area contributed by atoms with Crippen LogP contribution >= 0.6 is 0 Å². The Morgan fingerprint density at radius 2 is 1.82 bits per heavy atom. The molecule has 0 spiro atoms. The van der Waals surface area contributed by atoms with Gasteiger partial charge in [-0.25, -0.2) is 9.59 Å². The standard InChI is InChI=1S/C18H22O4/c1-17(2)10-18(3)9-11(17)8-14(18)22-16(21)13-7-5-4-6-12(13)15(19)20/h4-7,11,14H,8-10H2,1-3H3,(H,19,20)/t11-,14-,18+/m1/s1. The van der Waals surface area contributed by atoms with Crippen molar-refractivity contribution in [1.29, 1.82) is 0 Å². The van der Waals surface area contributed by atoms with E-state index in [0.29, 0.717) is 11.3 Å². The number of hydrogen-bond acceptors (Lipinski definition) is 3. The number of carbonyl (C=O) groups excluding carboxylic acids is 1. The number of benzene rings is 1. The van der Waals surface area contributed by atoms with Crippen LogP contribution in [0.1, 0.15) is 60.7 Å². The number of carbonyl (C=O) groups is 2. The third-order valence-electron chi connectivity index (χ3n) is 5.58. The Bertz CT molecular complexity index is 634. The van der Waals surface area contributed by atoms with E-state index in [0.717, 1.165) is 19.3 Å². The molecule has 2 aliphatic carbocycles. The Kier molecular flexibility index (Phi) is 3.31. The number of fused-ring (bicyclic) bond motifs is 2. The van der Waals surface area contributed by atoms with Gasteiger partial charge in [0.1, 0.15) is 6.10 Å². The third kappa shape index (κ3) is 2.31. The second-order valence-corrected chi connectivity index (χ2v) is 7.70. The fourth-order valence-corrected chi connectivity index (χ4v) is 4.52. The molecule has 2 fully saturated rings. The molecular formula is C18H22O4.